The van der Waals surface area contributed by atoms with Gasteiger partial charge in [0.1, 0.15) is 0 Å². The van der Waals surface area contributed by atoms with Gasteiger partial charge in [-0.2, -0.15) is 5.10 Å². The lowest BCUT2D eigenvalue weighted by molar-refractivity contribution is 0.687. The number of hydrogen-bond donors (Lipinski definition) is 0. The van der Waals surface area contributed by atoms with Crippen LogP contribution in [0.4, 0.5) is 0 Å². The van der Waals surface area contributed by atoms with Gasteiger partial charge in [-0.05, 0) is 35.7 Å². The van der Waals surface area contributed by atoms with Crippen LogP contribution in [-0.2, 0) is 6.54 Å². The Kier molecular flexibility index (Phi) is 3.70. The van der Waals surface area contributed by atoms with E-state index in [-0.39, 0.29) is 0 Å². The van der Waals surface area contributed by atoms with Crippen LogP contribution in [0.25, 0.3) is 11.1 Å². The lowest BCUT2D eigenvalue weighted by Crippen LogP contribution is -1.99. The third-order valence-electron chi connectivity index (χ3n) is 3.35. The summed E-state index contributed by atoms with van der Waals surface area (Å²) in [4.78, 5) is 0. The van der Waals surface area contributed by atoms with Gasteiger partial charge in [0.15, 0.2) is 0 Å². The van der Waals surface area contributed by atoms with Crippen LogP contribution >= 0.6 is 15.9 Å². The van der Waals surface area contributed by atoms with Gasteiger partial charge in [-0.15, -0.1) is 0 Å². The van der Waals surface area contributed by atoms with E-state index in [0.717, 1.165) is 11.0 Å². The van der Waals surface area contributed by atoms with E-state index in [0.29, 0.717) is 0 Å². The van der Waals surface area contributed by atoms with Crippen LogP contribution in [0.15, 0.2) is 65.4 Å². The van der Waals surface area contributed by atoms with Crippen molar-refractivity contribution in [2.75, 3.05) is 0 Å². The Morgan fingerprint density at radius 2 is 1.80 bits per heavy atom. The van der Waals surface area contributed by atoms with Gasteiger partial charge in [0.25, 0.3) is 0 Å². The van der Waals surface area contributed by atoms with Gasteiger partial charge < -0.3 is 0 Å². The molecule has 3 heteroatoms. The molecule has 0 amide bonds. The molecule has 0 aliphatic carbocycles. The highest BCUT2D eigenvalue weighted by atomic mass is 79.9. The second-order valence-corrected chi connectivity index (χ2v) is 5.78. The first-order valence-corrected chi connectivity index (χ1v) is 7.34. The summed E-state index contributed by atoms with van der Waals surface area (Å²) in [6.45, 7) is 2.92. The largest absolute Gasteiger partial charge is 0.268 e. The minimum Gasteiger partial charge on any atom is -0.268 e. The van der Waals surface area contributed by atoms with Gasteiger partial charge in [0, 0.05) is 16.2 Å². The molecule has 0 fully saturated rings. The average Bonchev–Trinajstić information content (AvgIpc) is 2.90. The molecule has 2 aromatic carbocycles. The van der Waals surface area contributed by atoms with Crippen molar-refractivity contribution in [2.45, 2.75) is 13.5 Å². The number of hydrogen-bond acceptors (Lipinski definition) is 1. The first-order chi connectivity index (χ1) is 9.72. The molecule has 100 valence electrons. The minimum absolute atomic E-state index is 0.791. The zero-order chi connectivity index (χ0) is 13.9. The zero-order valence-electron chi connectivity index (χ0n) is 11.3. The van der Waals surface area contributed by atoms with Crippen LogP contribution in [0.2, 0.25) is 0 Å². The van der Waals surface area contributed by atoms with E-state index < -0.39 is 0 Å². The van der Waals surface area contributed by atoms with Gasteiger partial charge in [-0.1, -0.05) is 52.3 Å². The van der Waals surface area contributed by atoms with Gasteiger partial charge in [0.05, 0.1) is 12.7 Å². The summed E-state index contributed by atoms with van der Waals surface area (Å²) in [5.41, 5.74) is 4.93. The number of benzene rings is 2. The molecular formula is C17H15BrN2. The number of aromatic nitrogens is 2. The van der Waals surface area contributed by atoms with E-state index in [2.05, 4.69) is 82.7 Å². The molecule has 0 atom stereocenters. The first-order valence-electron chi connectivity index (χ1n) is 6.55. The predicted molar refractivity (Wildman–Crippen MR) is 85.6 cm³/mol. The lowest BCUT2D eigenvalue weighted by atomic mass is 10.0. The molecule has 0 N–H and O–H groups in total. The summed E-state index contributed by atoms with van der Waals surface area (Å²) in [7, 11) is 0. The summed E-state index contributed by atoms with van der Waals surface area (Å²) >= 11 is 3.45. The maximum absolute atomic E-state index is 4.46. The van der Waals surface area contributed by atoms with Gasteiger partial charge >= 0.3 is 0 Å². The maximum atomic E-state index is 4.46. The summed E-state index contributed by atoms with van der Waals surface area (Å²) in [6.07, 6.45) is 4.03. The molecule has 0 unspecified atom stereocenters. The molecule has 0 bridgehead atoms. The van der Waals surface area contributed by atoms with Crippen LogP contribution in [0.3, 0.4) is 0 Å². The Labute approximate surface area is 127 Å². The minimum atomic E-state index is 0.791. The molecule has 0 saturated carbocycles. The highest BCUT2D eigenvalue weighted by Crippen LogP contribution is 2.22. The van der Waals surface area contributed by atoms with Crippen molar-refractivity contribution in [3.8, 4) is 11.1 Å². The van der Waals surface area contributed by atoms with Crippen LogP contribution in [-0.4, -0.2) is 9.78 Å². The molecule has 3 aromatic rings. The van der Waals surface area contributed by atoms with Crippen molar-refractivity contribution in [3.63, 3.8) is 0 Å². The molecule has 0 aliphatic heterocycles. The van der Waals surface area contributed by atoms with Crippen molar-refractivity contribution in [1.82, 2.24) is 9.78 Å². The Morgan fingerprint density at radius 3 is 2.55 bits per heavy atom. The van der Waals surface area contributed by atoms with E-state index in [1.165, 1.54) is 22.3 Å². The Morgan fingerprint density at radius 1 is 1.05 bits per heavy atom. The molecule has 0 spiro atoms. The Bertz CT molecular complexity index is 714. The molecule has 0 radical (unpaired) electrons. The molecule has 1 heterocycles. The summed E-state index contributed by atoms with van der Waals surface area (Å²) in [6, 6.07) is 16.7. The number of halogens is 1. The van der Waals surface area contributed by atoms with Crippen LogP contribution in [0, 0.1) is 6.92 Å². The molecule has 2 nitrogen and oxygen atoms in total. The Balaban J connectivity index is 1.84. The van der Waals surface area contributed by atoms with Gasteiger partial charge in [0.2, 0.25) is 0 Å². The fraction of sp³-hybridized carbons (Fsp3) is 0.118. The zero-order valence-corrected chi connectivity index (χ0v) is 12.8. The van der Waals surface area contributed by atoms with E-state index in [9.17, 15) is 0 Å². The highest BCUT2D eigenvalue weighted by Gasteiger charge is 2.04. The van der Waals surface area contributed by atoms with Gasteiger partial charge in [-0.25, -0.2) is 0 Å². The topological polar surface area (TPSA) is 17.8 Å². The summed E-state index contributed by atoms with van der Waals surface area (Å²) < 4.78 is 3.08. The first kappa shape index (κ1) is 13.1. The number of aryl methyl sites for hydroxylation is 1. The van der Waals surface area contributed by atoms with E-state index in [4.69, 9.17) is 0 Å². The normalized spacial score (nSPS) is 10.7. The van der Waals surface area contributed by atoms with Crippen molar-refractivity contribution in [2.24, 2.45) is 0 Å². The SMILES string of the molecule is Cc1ccccc1-c1cnn(Cc2ccc(Br)cc2)c1. The second kappa shape index (κ2) is 5.63. The van der Waals surface area contributed by atoms with E-state index in [1.54, 1.807) is 0 Å². The molecule has 1 aromatic heterocycles. The highest BCUT2D eigenvalue weighted by molar-refractivity contribution is 9.10. The van der Waals surface area contributed by atoms with Crippen LogP contribution in [0.1, 0.15) is 11.1 Å². The van der Waals surface area contributed by atoms with Crippen molar-refractivity contribution >= 4 is 15.9 Å². The third kappa shape index (κ3) is 2.83. The second-order valence-electron chi connectivity index (χ2n) is 4.87. The van der Waals surface area contributed by atoms with Crippen molar-refractivity contribution in [3.05, 3.63) is 76.5 Å². The predicted octanol–water partition coefficient (Wildman–Crippen LogP) is 4.67. The standard InChI is InChI=1S/C17H15BrN2/c1-13-4-2-3-5-17(13)15-10-19-20(12-15)11-14-6-8-16(18)9-7-14/h2-10,12H,11H2,1H3. The summed E-state index contributed by atoms with van der Waals surface area (Å²) in [5, 5.41) is 4.46. The van der Waals surface area contributed by atoms with E-state index >= 15 is 0 Å². The monoisotopic (exact) mass is 326 g/mol. The number of rotatable bonds is 3. The smallest absolute Gasteiger partial charge is 0.0659 e. The van der Waals surface area contributed by atoms with Crippen LogP contribution < -0.4 is 0 Å². The molecule has 0 saturated heterocycles. The van der Waals surface area contributed by atoms with Crippen LogP contribution in [0.5, 0.6) is 0 Å². The van der Waals surface area contributed by atoms with Gasteiger partial charge in [-0.3, -0.25) is 4.68 Å². The molecule has 3 rings (SSSR count). The summed E-state index contributed by atoms with van der Waals surface area (Å²) in [5.74, 6) is 0. The lowest BCUT2D eigenvalue weighted by Gasteiger charge is -2.03. The van der Waals surface area contributed by atoms with Crippen molar-refractivity contribution < 1.29 is 0 Å². The third-order valence-corrected chi connectivity index (χ3v) is 3.88. The quantitative estimate of drug-likeness (QED) is 0.683. The molecular weight excluding hydrogens is 312 g/mol. The Hall–Kier alpha value is -1.87. The molecule has 0 aliphatic rings. The molecule has 20 heavy (non-hydrogen) atoms. The average molecular weight is 327 g/mol. The maximum Gasteiger partial charge on any atom is 0.0659 e. The van der Waals surface area contributed by atoms with E-state index in [1.807, 2.05) is 10.9 Å². The fourth-order valence-electron chi connectivity index (χ4n) is 2.26. The fourth-order valence-corrected chi connectivity index (χ4v) is 2.53. The number of nitrogens with zero attached hydrogens (tertiary/aromatic N) is 2. The van der Waals surface area contributed by atoms with Crippen molar-refractivity contribution in [1.29, 1.82) is 0 Å².